The maximum absolute atomic E-state index is 12.6. The molecule has 0 bridgehead atoms. The van der Waals surface area contributed by atoms with Gasteiger partial charge in [-0.1, -0.05) is 35.3 Å². The molecule has 2 rings (SSSR count). The Morgan fingerprint density at radius 3 is 2.20 bits per heavy atom. The van der Waals surface area contributed by atoms with Crippen LogP contribution in [0.15, 0.2) is 36.4 Å². The Hall–Kier alpha value is -1.52. The van der Waals surface area contributed by atoms with Crippen LogP contribution < -0.4 is 0 Å². The van der Waals surface area contributed by atoms with Gasteiger partial charge in [0.1, 0.15) is 0 Å². The molecule has 0 N–H and O–H groups in total. The minimum absolute atomic E-state index is 0.0572. The van der Waals surface area contributed by atoms with Crippen molar-refractivity contribution >= 4 is 29.5 Å². The molecule has 0 saturated carbocycles. The molecule has 104 valence electrons. The van der Waals surface area contributed by atoms with Crippen molar-refractivity contribution < 1.29 is 18.0 Å². The number of hydrogen-bond donors (Lipinski definition) is 0. The lowest BCUT2D eigenvalue weighted by Gasteiger charge is -2.11. The monoisotopic (exact) mass is 318 g/mol. The van der Waals surface area contributed by atoms with E-state index in [4.69, 9.17) is 23.2 Å². The summed E-state index contributed by atoms with van der Waals surface area (Å²) in [5.74, 6) is 0. The Morgan fingerprint density at radius 1 is 0.950 bits per heavy atom. The van der Waals surface area contributed by atoms with E-state index >= 15 is 0 Å². The molecule has 0 atom stereocenters. The Kier molecular flexibility index (Phi) is 4.06. The van der Waals surface area contributed by atoms with Gasteiger partial charge in [0, 0.05) is 5.56 Å². The van der Waals surface area contributed by atoms with Gasteiger partial charge in [-0.15, -0.1) is 0 Å². The van der Waals surface area contributed by atoms with E-state index in [1.807, 2.05) is 0 Å². The first-order chi connectivity index (χ1) is 9.32. The van der Waals surface area contributed by atoms with E-state index in [0.29, 0.717) is 22.4 Å². The molecule has 0 fully saturated rings. The fourth-order valence-electron chi connectivity index (χ4n) is 1.76. The topological polar surface area (TPSA) is 17.1 Å². The molecule has 0 unspecified atom stereocenters. The quantitative estimate of drug-likeness (QED) is 0.669. The maximum Gasteiger partial charge on any atom is 0.416 e. The second-order valence-electron chi connectivity index (χ2n) is 4.05. The van der Waals surface area contributed by atoms with Gasteiger partial charge in [0.05, 0.1) is 15.6 Å². The standard InChI is InChI=1S/C14H7Cl2F3O/c15-12-4-1-8(6-13(12)16)11-3-2-10(14(17,18)19)5-9(11)7-20/h1-7H. The molecular weight excluding hydrogens is 312 g/mol. The second-order valence-corrected chi connectivity index (χ2v) is 4.86. The second kappa shape index (κ2) is 5.46. The summed E-state index contributed by atoms with van der Waals surface area (Å²) >= 11 is 11.6. The van der Waals surface area contributed by atoms with Crippen molar-refractivity contribution in [3.8, 4) is 11.1 Å². The molecule has 0 heterocycles. The number of halogens is 5. The fourth-order valence-corrected chi connectivity index (χ4v) is 2.06. The Bertz CT molecular complexity index is 666. The third-order valence-electron chi connectivity index (χ3n) is 2.74. The number of benzene rings is 2. The number of carbonyl (C=O) groups is 1. The van der Waals surface area contributed by atoms with E-state index in [9.17, 15) is 18.0 Å². The predicted octanol–water partition coefficient (Wildman–Crippen LogP) is 5.49. The maximum atomic E-state index is 12.6. The van der Waals surface area contributed by atoms with Crippen LogP contribution in [0.1, 0.15) is 15.9 Å². The lowest BCUT2D eigenvalue weighted by Crippen LogP contribution is -2.05. The summed E-state index contributed by atoms with van der Waals surface area (Å²) in [6.07, 6.45) is -4.11. The van der Waals surface area contributed by atoms with Crippen LogP contribution in [0.2, 0.25) is 10.0 Å². The van der Waals surface area contributed by atoms with E-state index in [1.165, 1.54) is 18.2 Å². The summed E-state index contributed by atoms with van der Waals surface area (Å²) < 4.78 is 37.8. The summed E-state index contributed by atoms with van der Waals surface area (Å²) in [5, 5.41) is 0.593. The molecule has 0 aliphatic rings. The van der Waals surface area contributed by atoms with E-state index < -0.39 is 11.7 Å². The highest BCUT2D eigenvalue weighted by Gasteiger charge is 2.31. The van der Waals surface area contributed by atoms with Crippen LogP contribution in [-0.2, 0) is 6.18 Å². The number of alkyl halides is 3. The van der Waals surface area contributed by atoms with Gasteiger partial charge in [-0.2, -0.15) is 13.2 Å². The van der Waals surface area contributed by atoms with Gasteiger partial charge in [0.2, 0.25) is 0 Å². The Labute approximate surface area is 122 Å². The number of carbonyl (C=O) groups excluding carboxylic acids is 1. The zero-order chi connectivity index (χ0) is 14.9. The third kappa shape index (κ3) is 2.97. The van der Waals surface area contributed by atoms with Crippen molar-refractivity contribution in [1.29, 1.82) is 0 Å². The Morgan fingerprint density at radius 2 is 1.65 bits per heavy atom. The average molecular weight is 319 g/mol. The van der Waals surface area contributed by atoms with Crippen molar-refractivity contribution in [2.24, 2.45) is 0 Å². The molecule has 0 aliphatic carbocycles. The first-order valence-electron chi connectivity index (χ1n) is 5.45. The summed E-state index contributed by atoms with van der Waals surface area (Å²) in [4.78, 5) is 11.0. The first kappa shape index (κ1) is 14.9. The first-order valence-corrected chi connectivity index (χ1v) is 6.20. The Balaban J connectivity index is 2.57. The molecule has 2 aromatic carbocycles. The summed E-state index contributed by atoms with van der Waals surface area (Å²) in [5.41, 5.74) is -0.0385. The van der Waals surface area contributed by atoms with Gasteiger partial charge in [0.25, 0.3) is 0 Å². The minimum atomic E-state index is -4.49. The van der Waals surface area contributed by atoms with Crippen LogP contribution in [0.3, 0.4) is 0 Å². The third-order valence-corrected chi connectivity index (χ3v) is 3.48. The SMILES string of the molecule is O=Cc1cc(C(F)(F)F)ccc1-c1ccc(Cl)c(Cl)c1. The van der Waals surface area contributed by atoms with Crippen molar-refractivity contribution in [3.05, 3.63) is 57.6 Å². The fraction of sp³-hybridized carbons (Fsp3) is 0.0714. The summed E-state index contributed by atoms with van der Waals surface area (Å²) in [7, 11) is 0. The van der Waals surface area contributed by atoms with Gasteiger partial charge in [0.15, 0.2) is 6.29 Å². The largest absolute Gasteiger partial charge is 0.416 e. The van der Waals surface area contributed by atoms with E-state index in [-0.39, 0.29) is 10.6 Å². The van der Waals surface area contributed by atoms with Gasteiger partial charge in [-0.3, -0.25) is 4.79 Å². The van der Waals surface area contributed by atoms with Crippen molar-refractivity contribution in [2.45, 2.75) is 6.18 Å². The zero-order valence-corrected chi connectivity index (χ0v) is 11.4. The van der Waals surface area contributed by atoms with Gasteiger partial charge >= 0.3 is 6.18 Å². The summed E-state index contributed by atoms with van der Waals surface area (Å²) in [6.45, 7) is 0. The highest BCUT2D eigenvalue weighted by molar-refractivity contribution is 6.42. The normalized spacial score (nSPS) is 11.4. The van der Waals surface area contributed by atoms with Crippen LogP contribution in [-0.4, -0.2) is 6.29 Å². The summed E-state index contributed by atoms with van der Waals surface area (Å²) in [6, 6.07) is 7.58. The van der Waals surface area contributed by atoms with E-state index in [1.54, 1.807) is 6.07 Å². The zero-order valence-electron chi connectivity index (χ0n) is 9.84. The molecule has 0 aromatic heterocycles. The van der Waals surface area contributed by atoms with Crippen LogP contribution >= 0.6 is 23.2 Å². The molecular formula is C14H7Cl2F3O. The lowest BCUT2D eigenvalue weighted by atomic mass is 9.98. The van der Waals surface area contributed by atoms with Crippen molar-refractivity contribution in [2.75, 3.05) is 0 Å². The molecule has 0 spiro atoms. The molecule has 0 radical (unpaired) electrons. The molecule has 2 aromatic rings. The van der Waals surface area contributed by atoms with Crippen molar-refractivity contribution in [3.63, 3.8) is 0 Å². The average Bonchev–Trinajstić information content (AvgIpc) is 2.40. The van der Waals surface area contributed by atoms with Gasteiger partial charge in [-0.05, 0) is 35.4 Å². The van der Waals surface area contributed by atoms with Crippen molar-refractivity contribution in [1.82, 2.24) is 0 Å². The molecule has 6 heteroatoms. The smallest absolute Gasteiger partial charge is 0.298 e. The molecule has 20 heavy (non-hydrogen) atoms. The van der Waals surface area contributed by atoms with Gasteiger partial charge in [-0.25, -0.2) is 0 Å². The van der Waals surface area contributed by atoms with Crippen LogP contribution in [0.5, 0.6) is 0 Å². The lowest BCUT2D eigenvalue weighted by molar-refractivity contribution is -0.137. The predicted molar refractivity (Wildman–Crippen MR) is 72.3 cm³/mol. The number of aldehydes is 1. The van der Waals surface area contributed by atoms with E-state index in [2.05, 4.69) is 0 Å². The molecule has 0 aliphatic heterocycles. The number of rotatable bonds is 2. The molecule has 0 saturated heterocycles. The highest BCUT2D eigenvalue weighted by atomic mass is 35.5. The van der Waals surface area contributed by atoms with Gasteiger partial charge < -0.3 is 0 Å². The number of hydrogen-bond acceptors (Lipinski definition) is 1. The minimum Gasteiger partial charge on any atom is -0.298 e. The molecule has 0 amide bonds. The molecule has 1 nitrogen and oxygen atoms in total. The van der Waals surface area contributed by atoms with Crippen LogP contribution in [0, 0.1) is 0 Å². The highest BCUT2D eigenvalue weighted by Crippen LogP contribution is 2.34. The van der Waals surface area contributed by atoms with Crippen LogP contribution in [0.25, 0.3) is 11.1 Å². The van der Waals surface area contributed by atoms with Crippen LogP contribution in [0.4, 0.5) is 13.2 Å². The van der Waals surface area contributed by atoms with E-state index in [0.717, 1.165) is 12.1 Å².